The molecule has 98 valence electrons. The summed E-state index contributed by atoms with van der Waals surface area (Å²) in [6.45, 7) is 1.40. The summed E-state index contributed by atoms with van der Waals surface area (Å²) < 4.78 is 15.7. The van der Waals surface area contributed by atoms with Gasteiger partial charge in [-0.15, -0.1) is 0 Å². The van der Waals surface area contributed by atoms with E-state index in [-0.39, 0.29) is 12.3 Å². The second-order valence-corrected chi connectivity index (χ2v) is 4.26. The number of hydrogen-bond acceptors (Lipinski definition) is 4. The van der Waals surface area contributed by atoms with Crippen molar-refractivity contribution < 1.29 is 19.0 Å². The Hall–Kier alpha value is -1.39. The van der Waals surface area contributed by atoms with Crippen LogP contribution in [-0.2, 0) is 20.6 Å². The topological polar surface area (TPSA) is 44.8 Å². The van der Waals surface area contributed by atoms with Gasteiger partial charge in [-0.05, 0) is 30.5 Å². The van der Waals surface area contributed by atoms with Crippen LogP contribution in [-0.4, -0.2) is 32.6 Å². The molecule has 4 heteroatoms. The highest BCUT2D eigenvalue weighted by Gasteiger charge is 2.15. The number of hydrogen-bond donors (Lipinski definition) is 0. The Kier molecular flexibility index (Phi) is 4.73. The zero-order valence-electron chi connectivity index (χ0n) is 10.6. The summed E-state index contributed by atoms with van der Waals surface area (Å²) in [4.78, 5) is 11.4. The Morgan fingerprint density at radius 3 is 3.11 bits per heavy atom. The fraction of sp³-hybridized carbons (Fsp3) is 0.500. The van der Waals surface area contributed by atoms with Crippen LogP contribution >= 0.6 is 0 Å². The van der Waals surface area contributed by atoms with Gasteiger partial charge in [0.05, 0.1) is 19.3 Å². The summed E-state index contributed by atoms with van der Waals surface area (Å²) in [5, 5.41) is 0. The number of benzene rings is 1. The quantitative estimate of drug-likeness (QED) is 0.751. The first-order valence-corrected chi connectivity index (χ1v) is 6.20. The fourth-order valence-corrected chi connectivity index (χ4v) is 1.96. The van der Waals surface area contributed by atoms with Crippen LogP contribution in [0.25, 0.3) is 0 Å². The van der Waals surface area contributed by atoms with Crippen LogP contribution in [0.2, 0.25) is 0 Å². The Balaban J connectivity index is 1.83. The summed E-state index contributed by atoms with van der Waals surface area (Å²) in [6, 6.07) is 7.42. The predicted molar refractivity (Wildman–Crippen MR) is 66.4 cm³/mol. The number of methoxy groups -OCH3 is 1. The molecule has 0 aliphatic carbocycles. The summed E-state index contributed by atoms with van der Waals surface area (Å²) in [5.41, 5.74) is 1.64. The second-order valence-electron chi connectivity index (χ2n) is 4.26. The van der Waals surface area contributed by atoms with E-state index in [1.54, 1.807) is 6.07 Å². The first kappa shape index (κ1) is 13.1. The molecule has 0 aromatic heterocycles. The maximum atomic E-state index is 11.4. The first-order chi connectivity index (χ1) is 8.79. The van der Waals surface area contributed by atoms with Crippen LogP contribution in [0.3, 0.4) is 0 Å². The minimum Gasteiger partial charge on any atom is -0.465 e. The lowest BCUT2D eigenvalue weighted by molar-refractivity contribution is -0.109. The number of esters is 1. The van der Waals surface area contributed by atoms with Gasteiger partial charge in [0.2, 0.25) is 0 Å². The van der Waals surface area contributed by atoms with E-state index >= 15 is 0 Å². The predicted octanol–water partition coefficient (Wildman–Crippen LogP) is 2.17. The van der Waals surface area contributed by atoms with Crippen LogP contribution in [0.4, 0.5) is 0 Å². The molecule has 1 heterocycles. The molecule has 1 saturated heterocycles. The lowest BCUT2D eigenvalue weighted by atomic mass is 10.1. The summed E-state index contributed by atoms with van der Waals surface area (Å²) in [7, 11) is 1.38. The molecule has 0 bridgehead atoms. The van der Waals surface area contributed by atoms with E-state index in [1.807, 2.05) is 18.2 Å². The van der Waals surface area contributed by atoms with Gasteiger partial charge < -0.3 is 14.2 Å². The van der Waals surface area contributed by atoms with Crippen molar-refractivity contribution in [2.45, 2.75) is 25.6 Å². The Bertz CT molecular complexity index is 397. The van der Waals surface area contributed by atoms with Crippen molar-refractivity contribution >= 4 is 5.97 Å². The molecule has 0 amide bonds. The van der Waals surface area contributed by atoms with Crippen molar-refractivity contribution in [2.75, 3.05) is 20.3 Å². The van der Waals surface area contributed by atoms with Gasteiger partial charge >= 0.3 is 5.97 Å². The van der Waals surface area contributed by atoms with Gasteiger partial charge in [-0.25, -0.2) is 4.79 Å². The van der Waals surface area contributed by atoms with E-state index in [0.29, 0.717) is 12.2 Å². The van der Waals surface area contributed by atoms with Crippen molar-refractivity contribution in [1.29, 1.82) is 0 Å². The largest absolute Gasteiger partial charge is 0.465 e. The van der Waals surface area contributed by atoms with E-state index in [1.165, 1.54) is 7.11 Å². The number of rotatable bonds is 5. The molecule has 1 atom stereocenters. The van der Waals surface area contributed by atoms with Gasteiger partial charge in [-0.1, -0.05) is 12.1 Å². The molecule has 0 radical (unpaired) electrons. The smallest absolute Gasteiger partial charge is 0.337 e. The zero-order valence-corrected chi connectivity index (χ0v) is 10.6. The van der Waals surface area contributed by atoms with E-state index in [0.717, 1.165) is 31.4 Å². The van der Waals surface area contributed by atoms with Gasteiger partial charge in [0.15, 0.2) is 6.29 Å². The van der Waals surface area contributed by atoms with E-state index in [9.17, 15) is 4.79 Å². The zero-order chi connectivity index (χ0) is 12.8. The molecule has 1 aliphatic heterocycles. The van der Waals surface area contributed by atoms with Crippen molar-refractivity contribution in [3.63, 3.8) is 0 Å². The molecule has 0 spiro atoms. The molecule has 1 unspecified atom stereocenters. The molecule has 2 rings (SSSR count). The summed E-state index contributed by atoms with van der Waals surface area (Å²) in [5.74, 6) is -0.308. The molecule has 1 aliphatic rings. The normalized spacial score (nSPS) is 18.8. The van der Waals surface area contributed by atoms with Gasteiger partial charge in [-0.3, -0.25) is 0 Å². The van der Waals surface area contributed by atoms with E-state index < -0.39 is 0 Å². The molecule has 0 saturated carbocycles. The van der Waals surface area contributed by atoms with Crippen LogP contribution in [0, 0.1) is 0 Å². The highest BCUT2D eigenvalue weighted by molar-refractivity contribution is 5.89. The molecule has 18 heavy (non-hydrogen) atoms. The highest BCUT2D eigenvalue weighted by Crippen LogP contribution is 2.14. The molecular weight excluding hydrogens is 232 g/mol. The monoisotopic (exact) mass is 250 g/mol. The second kappa shape index (κ2) is 6.52. The number of ether oxygens (including phenoxy) is 3. The third kappa shape index (κ3) is 3.55. The van der Waals surface area contributed by atoms with Crippen LogP contribution in [0.15, 0.2) is 24.3 Å². The van der Waals surface area contributed by atoms with Gasteiger partial charge in [0.25, 0.3) is 0 Å². The van der Waals surface area contributed by atoms with E-state index in [4.69, 9.17) is 9.47 Å². The Morgan fingerprint density at radius 1 is 1.50 bits per heavy atom. The van der Waals surface area contributed by atoms with Crippen molar-refractivity contribution in [3.05, 3.63) is 35.4 Å². The van der Waals surface area contributed by atoms with Gasteiger partial charge in [0.1, 0.15) is 0 Å². The number of carbonyl (C=O) groups excluding carboxylic acids is 1. The maximum absolute atomic E-state index is 11.4. The fourth-order valence-electron chi connectivity index (χ4n) is 1.96. The molecule has 1 fully saturated rings. The SMILES string of the molecule is COC(=O)c1cccc(CCOC2CCCO2)c1. The first-order valence-electron chi connectivity index (χ1n) is 6.20. The van der Waals surface area contributed by atoms with Crippen LogP contribution in [0.1, 0.15) is 28.8 Å². The van der Waals surface area contributed by atoms with Crippen LogP contribution in [0.5, 0.6) is 0 Å². The highest BCUT2D eigenvalue weighted by atomic mass is 16.7. The van der Waals surface area contributed by atoms with Crippen molar-refractivity contribution in [3.8, 4) is 0 Å². The lowest BCUT2D eigenvalue weighted by Gasteiger charge is -2.11. The molecular formula is C14H18O4. The third-order valence-electron chi connectivity index (χ3n) is 2.93. The minimum absolute atomic E-state index is 0.0474. The van der Waals surface area contributed by atoms with Crippen LogP contribution < -0.4 is 0 Å². The average Bonchev–Trinajstić information content (AvgIpc) is 2.91. The van der Waals surface area contributed by atoms with Gasteiger partial charge in [0, 0.05) is 13.0 Å². The molecule has 0 N–H and O–H groups in total. The Labute approximate surface area is 107 Å². The van der Waals surface area contributed by atoms with Crippen molar-refractivity contribution in [2.24, 2.45) is 0 Å². The summed E-state index contributed by atoms with van der Waals surface area (Å²) in [6.07, 6.45) is 2.77. The van der Waals surface area contributed by atoms with E-state index in [2.05, 4.69) is 4.74 Å². The maximum Gasteiger partial charge on any atom is 0.337 e. The molecule has 1 aromatic carbocycles. The number of carbonyl (C=O) groups is 1. The summed E-state index contributed by atoms with van der Waals surface area (Å²) >= 11 is 0. The third-order valence-corrected chi connectivity index (χ3v) is 2.93. The molecule has 1 aromatic rings. The Morgan fingerprint density at radius 2 is 2.39 bits per heavy atom. The minimum atomic E-state index is -0.308. The lowest BCUT2D eigenvalue weighted by Crippen LogP contribution is -2.12. The standard InChI is InChI=1S/C14H18O4/c1-16-14(15)12-5-2-4-11(10-12)7-9-18-13-6-3-8-17-13/h2,4-5,10,13H,3,6-9H2,1H3. The average molecular weight is 250 g/mol. The molecule has 4 nitrogen and oxygen atoms in total. The van der Waals surface area contributed by atoms with Crippen molar-refractivity contribution in [1.82, 2.24) is 0 Å². The van der Waals surface area contributed by atoms with Gasteiger partial charge in [-0.2, -0.15) is 0 Å².